The second-order valence-corrected chi connectivity index (χ2v) is 7.35. The number of halogens is 1. The first kappa shape index (κ1) is 13.5. The standard InChI is InChI=1S/C11H17BrN2OS/c1-11(2,3)7-14-10(15)13-6-8-4-5-9(12)16-8/h4-5H,6-7H2,1-3H3,(H2,13,14,15). The molecule has 0 unspecified atom stereocenters. The van der Waals surface area contributed by atoms with E-state index in [0.717, 1.165) is 8.66 Å². The van der Waals surface area contributed by atoms with Crippen LogP contribution in [-0.4, -0.2) is 12.6 Å². The maximum atomic E-state index is 11.4. The second kappa shape index (κ2) is 5.68. The van der Waals surface area contributed by atoms with Gasteiger partial charge >= 0.3 is 6.03 Å². The van der Waals surface area contributed by atoms with Crippen LogP contribution in [0.15, 0.2) is 15.9 Å². The summed E-state index contributed by atoms with van der Waals surface area (Å²) in [6.45, 7) is 7.51. The van der Waals surface area contributed by atoms with Crippen molar-refractivity contribution in [3.05, 3.63) is 20.8 Å². The van der Waals surface area contributed by atoms with Crippen molar-refractivity contribution in [3.63, 3.8) is 0 Å². The van der Waals surface area contributed by atoms with E-state index in [1.54, 1.807) is 11.3 Å². The molecule has 5 heteroatoms. The molecule has 0 spiro atoms. The van der Waals surface area contributed by atoms with Crippen LogP contribution in [0.25, 0.3) is 0 Å². The summed E-state index contributed by atoms with van der Waals surface area (Å²) in [7, 11) is 0. The van der Waals surface area contributed by atoms with Gasteiger partial charge in [0.2, 0.25) is 0 Å². The Labute approximate surface area is 109 Å². The summed E-state index contributed by atoms with van der Waals surface area (Å²) in [6.07, 6.45) is 0. The van der Waals surface area contributed by atoms with Crippen molar-refractivity contribution in [2.45, 2.75) is 27.3 Å². The van der Waals surface area contributed by atoms with Crippen molar-refractivity contribution >= 4 is 33.3 Å². The maximum Gasteiger partial charge on any atom is 0.315 e. The highest BCUT2D eigenvalue weighted by atomic mass is 79.9. The van der Waals surface area contributed by atoms with Gasteiger partial charge in [0, 0.05) is 11.4 Å². The van der Waals surface area contributed by atoms with Gasteiger partial charge in [0.1, 0.15) is 0 Å². The Bertz CT molecular complexity index is 357. The fourth-order valence-electron chi connectivity index (χ4n) is 1.02. The van der Waals surface area contributed by atoms with Gasteiger partial charge in [0.15, 0.2) is 0 Å². The first-order valence-electron chi connectivity index (χ1n) is 5.13. The van der Waals surface area contributed by atoms with Crippen molar-refractivity contribution in [2.75, 3.05) is 6.54 Å². The molecule has 0 aliphatic carbocycles. The van der Waals surface area contributed by atoms with Gasteiger partial charge in [0.25, 0.3) is 0 Å². The number of nitrogens with one attached hydrogen (secondary N) is 2. The predicted molar refractivity (Wildman–Crippen MR) is 71.7 cm³/mol. The highest BCUT2D eigenvalue weighted by Gasteiger charge is 2.11. The first-order chi connectivity index (χ1) is 7.37. The van der Waals surface area contributed by atoms with E-state index in [1.807, 2.05) is 12.1 Å². The molecule has 0 atom stereocenters. The monoisotopic (exact) mass is 304 g/mol. The Hall–Kier alpha value is -0.550. The molecule has 1 heterocycles. The van der Waals surface area contributed by atoms with Gasteiger partial charge in [-0.25, -0.2) is 4.79 Å². The fraction of sp³-hybridized carbons (Fsp3) is 0.545. The molecule has 0 saturated carbocycles. The van der Waals surface area contributed by atoms with E-state index < -0.39 is 0 Å². The molecule has 1 aromatic rings. The normalized spacial score (nSPS) is 11.2. The number of hydrogen-bond donors (Lipinski definition) is 2. The van der Waals surface area contributed by atoms with Crippen LogP contribution in [0.5, 0.6) is 0 Å². The maximum absolute atomic E-state index is 11.4. The Balaban J connectivity index is 2.25. The largest absolute Gasteiger partial charge is 0.338 e. The smallest absolute Gasteiger partial charge is 0.315 e. The molecule has 3 nitrogen and oxygen atoms in total. The minimum Gasteiger partial charge on any atom is -0.338 e. The number of amides is 2. The third kappa shape index (κ3) is 5.51. The zero-order valence-electron chi connectivity index (χ0n) is 9.76. The summed E-state index contributed by atoms with van der Waals surface area (Å²) in [5, 5.41) is 5.67. The SMILES string of the molecule is CC(C)(C)CNC(=O)NCc1ccc(Br)s1. The average molecular weight is 305 g/mol. The van der Waals surface area contributed by atoms with Gasteiger partial charge in [-0.3, -0.25) is 0 Å². The van der Waals surface area contributed by atoms with Gasteiger partial charge < -0.3 is 10.6 Å². The molecule has 0 saturated heterocycles. The number of carbonyl (C=O) groups excluding carboxylic acids is 1. The lowest BCUT2D eigenvalue weighted by Crippen LogP contribution is -2.39. The summed E-state index contributed by atoms with van der Waals surface area (Å²) in [5.74, 6) is 0. The predicted octanol–water partition coefficient (Wildman–Crippen LogP) is 3.36. The average Bonchev–Trinajstić information content (AvgIpc) is 2.57. The van der Waals surface area contributed by atoms with Crippen LogP contribution in [0, 0.1) is 5.41 Å². The minimum absolute atomic E-state index is 0.112. The summed E-state index contributed by atoms with van der Waals surface area (Å²) >= 11 is 5.01. The molecule has 0 aromatic carbocycles. The van der Waals surface area contributed by atoms with Gasteiger partial charge in [0.05, 0.1) is 10.3 Å². The van der Waals surface area contributed by atoms with Crippen LogP contribution in [0.4, 0.5) is 4.79 Å². The lowest BCUT2D eigenvalue weighted by atomic mass is 9.97. The van der Waals surface area contributed by atoms with E-state index in [9.17, 15) is 4.79 Å². The molecule has 2 amide bonds. The lowest BCUT2D eigenvalue weighted by Gasteiger charge is -2.18. The Morgan fingerprint density at radius 2 is 2.06 bits per heavy atom. The Morgan fingerprint density at radius 3 is 2.56 bits per heavy atom. The van der Waals surface area contributed by atoms with Crippen LogP contribution in [0.1, 0.15) is 25.6 Å². The molecule has 0 aliphatic heterocycles. The topological polar surface area (TPSA) is 41.1 Å². The first-order valence-corrected chi connectivity index (χ1v) is 6.74. The molecule has 0 aliphatic rings. The van der Waals surface area contributed by atoms with E-state index in [0.29, 0.717) is 13.1 Å². The van der Waals surface area contributed by atoms with E-state index in [-0.39, 0.29) is 11.4 Å². The number of urea groups is 1. The van der Waals surface area contributed by atoms with Crippen molar-refractivity contribution < 1.29 is 4.79 Å². The third-order valence-corrected chi connectivity index (χ3v) is 3.45. The zero-order chi connectivity index (χ0) is 12.2. The highest BCUT2D eigenvalue weighted by molar-refractivity contribution is 9.11. The van der Waals surface area contributed by atoms with Crippen molar-refractivity contribution in [3.8, 4) is 0 Å². The van der Waals surface area contributed by atoms with E-state index in [2.05, 4.69) is 47.3 Å². The summed E-state index contributed by atoms with van der Waals surface area (Å²) in [6, 6.07) is 3.87. The summed E-state index contributed by atoms with van der Waals surface area (Å²) in [5.41, 5.74) is 0.114. The highest BCUT2D eigenvalue weighted by Crippen LogP contribution is 2.21. The molecule has 2 N–H and O–H groups in total. The van der Waals surface area contributed by atoms with Crippen molar-refractivity contribution in [1.29, 1.82) is 0 Å². The van der Waals surface area contributed by atoms with Crippen LogP contribution in [-0.2, 0) is 6.54 Å². The summed E-state index contributed by atoms with van der Waals surface area (Å²) in [4.78, 5) is 12.6. The number of hydrogen-bond acceptors (Lipinski definition) is 2. The van der Waals surface area contributed by atoms with E-state index >= 15 is 0 Å². The van der Waals surface area contributed by atoms with Crippen LogP contribution in [0.2, 0.25) is 0 Å². The number of rotatable bonds is 3. The summed E-state index contributed by atoms with van der Waals surface area (Å²) < 4.78 is 1.08. The lowest BCUT2D eigenvalue weighted by molar-refractivity contribution is 0.235. The second-order valence-electron chi connectivity index (χ2n) is 4.80. The molecular formula is C11H17BrN2OS. The van der Waals surface area contributed by atoms with Gasteiger partial charge in [-0.05, 0) is 33.5 Å². The zero-order valence-corrected chi connectivity index (χ0v) is 12.2. The van der Waals surface area contributed by atoms with Crippen LogP contribution in [0.3, 0.4) is 0 Å². The number of thiophene rings is 1. The molecule has 16 heavy (non-hydrogen) atoms. The molecule has 1 rings (SSSR count). The van der Waals surface area contributed by atoms with Gasteiger partial charge in [-0.1, -0.05) is 20.8 Å². The van der Waals surface area contributed by atoms with Crippen molar-refractivity contribution in [2.24, 2.45) is 5.41 Å². The fourth-order valence-corrected chi connectivity index (χ4v) is 2.44. The minimum atomic E-state index is -0.112. The van der Waals surface area contributed by atoms with E-state index in [4.69, 9.17) is 0 Å². The van der Waals surface area contributed by atoms with Gasteiger partial charge in [-0.2, -0.15) is 0 Å². The molecular weight excluding hydrogens is 288 g/mol. The Kier molecular flexibility index (Phi) is 4.80. The van der Waals surface area contributed by atoms with Crippen LogP contribution >= 0.6 is 27.3 Å². The van der Waals surface area contributed by atoms with Crippen molar-refractivity contribution in [1.82, 2.24) is 10.6 Å². The number of carbonyl (C=O) groups is 1. The molecule has 1 aromatic heterocycles. The van der Waals surface area contributed by atoms with Gasteiger partial charge in [-0.15, -0.1) is 11.3 Å². The Morgan fingerprint density at radius 1 is 1.38 bits per heavy atom. The molecule has 90 valence electrons. The quantitative estimate of drug-likeness (QED) is 0.883. The molecule has 0 radical (unpaired) electrons. The van der Waals surface area contributed by atoms with E-state index in [1.165, 1.54) is 0 Å². The third-order valence-electron chi connectivity index (χ3n) is 1.83. The van der Waals surface area contributed by atoms with Crippen LogP contribution < -0.4 is 10.6 Å². The molecule has 0 bridgehead atoms. The molecule has 0 fully saturated rings.